The molecule has 0 saturated carbocycles. The lowest BCUT2D eigenvalue weighted by Gasteiger charge is -2.20. The highest BCUT2D eigenvalue weighted by Gasteiger charge is 2.20. The van der Waals surface area contributed by atoms with E-state index in [1.54, 1.807) is 0 Å². The molecule has 0 rings (SSSR count). The van der Waals surface area contributed by atoms with E-state index < -0.39 is 7.25 Å². The van der Waals surface area contributed by atoms with Crippen LogP contribution in [0.25, 0.3) is 0 Å². The van der Waals surface area contributed by atoms with Crippen LogP contribution in [0.3, 0.4) is 0 Å². The molecular weight excluding hydrogens is 327 g/mol. The zero-order valence-corrected chi connectivity index (χ0v) is 15.3. The Kier molecular flexibility index (Phi) is 14.1. The fourth-order valence-corrected chi connectivity index (χ4v) is 0.800. The number of hydrogen-bond acceptors (Lipinski definition) is 2. The molecule has 0 amide bonds. The van der Waals surface area contributed by atoms with Crippen molar-refractivity contribution in [3.05, 3.63) is 0 Å². The lowest BCUT2D eigenvalue weighted by Crippen LogP contribution is -2.32. The minimum absolute atomic E-state index is 0.852. The van der Waals surface area contributed by atoms with Crippen molar-refractivity contribution in [2.24, 2.45) is 0 Å². The van der Waals surface area contributed by atoms with Gasteiger partial charge >= 0.3 is 7.25 Å². The molecule has 0 aliphatic carbocycles. The molecule has 21 heavy (non-hydrogen) atoms. The van der Waals surface area contributed by atoms with Crippen LogP contribution in [-0.2, 0) is 0 Å². The third-order valence-electron chi connectivity index (χ3n) is 1.53. The van der Waals surface area contributed by atoms with Crippen LogP contribution in [0.4, 0.5) is 17.3 Å². The van der Waals surface area contributed by atoms with Crippen molar-refractivity contribution in [1.82, 2.24) is 19.6 Å². The van der Waals surface area contributed by atoms with Crippen LogP contribution in [0, 0.1) is 0 Å². The fraction of sp³-hybridized carbons (Fsp3) is 0.800. The molecule has 0 aliphatic rings. The Morgan fingerprint density at radius 2 is 0.667 bits per heavy atom. The maximum atomic E-state index is 9.75. The minimum atomic E-state index is -6.00. The summed E-state index contributed by atoms with van der Waals surface area (Å²) < 4.78 is 39.0. The lowest BCUT2D eigenvalue weighted by atomic mass is 10.3. The number of thiocarbonyl (C=S) groups is 2. The van der Waals surface area contributed by atoms with Crippen molar-refractivity contribution in [3.8, 4) is 0 Å². The molecular formula is C10H24BF4N4S2-. The standard InChI is InChI=1S/2C5H12N2S.BF4/c2*1-6(2)5(8)7(3)4;2-1(3,4)5/h2*1-4H3;/q;;-1. The predicted octanol–water partition coefficient (Wildman–Crippen LogP) is 2.09. The van der Waals surface area contributed by atoms with Gasteiger partial charge in [-0.1, -0.05) is 0 Å². The number of halogens is 4. The van der Waals surface area contributed by atoms with E-state index >= 15 is 0 Å². The number of hydrogen-bond donors (Lipinski definition) is 0. The van der Waals surface area contributed by atoms with Crippen molar-refractivity contribution in [3.63, 3.8) is 0 Å². The van der Waals surface area contributed by atoms with Gasteiger partial charge in [-0.3, -0.25) is 0 Å². The van der Waals surface area contributed by atoms with Gasteiger partial charge < -0.3 is 36.9 Å². The van der Waals surface area contributed by atoms with E-state index in [9.17, 15) is 17.3 Å². The Morgan fingerprint density at radius 3 is 0.667 bits per heavy atom. The molecule has 0 radical (unpaired) electrons. The van der Waals surface area contributed by atoms with E-state index in [2.05, 4.69) is 0 Å². The van der Waals surface area contributed by atoms with Crippen LogP contribution < -0.4 is 0 Å². The smallest absolute Gasteiger partial charge is 0.418 e. The molecule has 0 aromatic carbocycles. The Balaban J connectivity index is -0.000000239. The summed E-state index contributed by atoms with van der Waals surface area (Å²) in [6.45, 7) is 0. The molecule has 0 aromatic rings. The summed E-state index contributed by atoms with van der Waals surface area (Å²) >= 11 is 9.91. The Morgan fingerprint density at radius 1 is 0.571 bits per heavy atom. The monoisotopic (exact) mass is 351 g/mol. The summed E-state index contributed by atoms with van der Waals surface area (Å²) in [6.07, 6.45) is 0. The Bertz CT molecular complexity index is 260. The molecule has 0 aliphatic heterocycles. The van der Waals surface area contributed by atoms with Gasteiger partial charge in [0.1, 0.15) is 0 Å². The third-order valence-corrected chi connectivity index (χ3v) is 2.99. The predicted molar refractivity (Wildman–Crippen MR) is 90.1 cm³/mol. The first kappa shape index (κ1) is 25.1. The van der Waals surface area contributed by atoms with Crippen LogP contribution >= 0.6 is 24.4 Å². The zero-order chi connectivity index (χ0) is 18.0. The first-order valence-corrected chi connectivity index (χ1v) is 6.57. The average molecular weight is 351 g/mol. The first-order valence-electron chi connectivity index (χ1n) is 5.75. The van der Waals surface area contributed by atoms with E-state index in [1.807, 2.05) is 76.0 Å². The van der Waals surface area contributed by atoms with E-state index in [1.165, 1.54) is 0 Å². The molecule has 0 fully saturated rings. The largest absolute Gasteiger partial charge is 0.673 e. The van der Waals surface area contributed by atoms with Crippen LogP contribution in [0.5, 0.6) is 0 Å². The Hall–Kier alpha value is -0.835. The number of nitrogens with zero attached hydrogens (tertiary/aromatic N) is 4. The van der Waals surface area contributed by atoms with Gasteiger partial charge in [-0.25, -0.2) is 0 Å². The molecule has 0 atom stereocenters. The van der Waals surface area contributed by atoms with E-state index in [0.29, 0.717) is 0 Å². The quantitative estimate of drug-likeness (QED) is 0.374. The summed E-state index contributed by atoms with van der Waals surface area (Å²) in [4.78, 5) is 7.59. The SMILES string of the molecule is CN(C)C(=S)N(C)C.CN(C)C(=S)N(C)C.F[B-](F)(F)F. The van der Waals surface area contributed by atoms with Crippen LogP contribution in [-0.4, -0.2) is 93.5 Å². The van der Waals surface area contributed by atoms with E-state index in [0.717, 1.165) is 10.2 Å². The normalized spacial score (nSPS) is 9.33. The summed E-state index contributed by atoms with van der Waals surface area (Å²) in [7, 11) is 9.46. The first-order chi connectivity index (χ1) is 9.11. The highest BCUT2D eigenvalue weighted by Crippen LogP contribution is 2.06. The summed E-state index contributed by atoms with van der Waals surface area (Å²) in [6, 6.07) is 0. The number of rotatable bonds is 0. The van der Waals surface area contributed by atoms with Crippen molar-refractivity contribution < 1.29 is 17.3 Å². The highest BCUT2D eigenvalue weighted by atomic mass is 32.1. The molecule has 0 bridgehead atoms. The molecule has 0 aromatic heterocycles. The van der Waals surface area contributed by atoms with E-state index in [4.69, 9.17) is 24.4 Å². The second kappa shape index (κ2) is 11.8. The average Bonchev–Trinajstić information content (AvgIpc) is 2.24. The zero-order valence-electron chi connectivity index (χ0n) is 13.7. The topological polar surface area (TPSA) is 13.0 Å². The van der Waals surface area contributed by atoms with Crippen LogP contribution in [0.1, 0.15) is 0 Å². The minimum Gasteiger partial charge on any atom is -0.418 e. The summed E-state index contributed by atoms with van der Waals surface area (Å²) in [5.41, 5.74) is 0. The second-order valence-electron chi connectivity index (χ2n) is 4.64. The molecule has 0 N–H and O–H groups in total. The maximum Gasteiger partial charge on any atom is 0.673 e. The van der Waals surface area contributed by atoms with Gasteiger partial charge in [0.15, 0.2) is 10.2 Å². The van der Waals surface area contributed by atoms with Crippen molar-refractivity contribution in [2.45, 2.75) is 0 Å². The third kappa shape index (κ3) is 24.6. The molecule has 4 nitrogen and oxygen atoms in total. The van der Waals surface area contributed by atoms with Crippen molar-refractivity contribution in [1.29, 1.82) is 0 Å². The molecule has 0 spiro atoms. The molecule has 0 unspecified atom stereocenters. The summed E-state index contributed by atoms with van der Waals surface area (Å²) in [5.74, 6) is 0. The van der Waals surface area contributed by atoms with Gasteiger partial charge in [-0.05, 0) is 24.4 Å². The summed E-state index contributed by atoms with van der Waals surface area (Å²) in [5, 5.41) is 1.70. The van der Waals surface area contributed by atoms with Crippen LogP contribution in [0.15, 0.2) is 0 Å². The van der Waals surface area contributed by atoms with Crippen LogP contribution in [0.2, 0.25) is 0 Å². The van der Waals surface area contributed by atoms with Gasteiger partial charge in [0.25, 0.3) is 0 Å². The second-order valence-corrected chi connectivity index (χ2v) is 5.37. The van der Waals surface area contributed by atoms with Crippen molar-refractivity contribution in [2.75, 3.05) is 56.4 Å². The Labute approximate surface area is 135 Å². The maximum absolute atomic E-state index is 9.75. The highest BCUT2D eigenvalue weighted by molar-refractivity contribution is 7.80. The molecule has 0 heterocycles. The van der Waals surface area contributed by atoms with Gasteiger partial charge in [0.2, 0.25) is 0 Å². The molecule has 0 saturated heterocycles. The van der Waals surface area contributed by atoms with Gasteiger partial charge in [0.05, 0.1) is 0 Å². The van der Waals surface area contributed by atoms with Gasteiger partial charge in [0, 0.05) is 56.4 Å². The van der Waals surface area contributed by atoms with Crippen molar-refractivity contribution >= 4 is 41.9 Å². The molecule has 128 valence electrons. The molecule has 11 heteroatoms. The van der Waals surface area contributed by atoms with Gasteiger partial charge in [-0.2, -0.15) is 0 Å². The van der Waals surface area contributed by atoms with Gasteiger partial charge in [-0.15, -0.1) is 0 Å². The van der Waals surface area contributed by atoms with E-state index in [-0.39, 0.29) is 0 Å². The lowest BCUT2D eigenvalue weighted by molar-refractivity contribution is 0.368. The fourth-order valence-electron chi connectivity index (χ4n) is 0.800.